The van der Waals surface area contributed by atoms with Gasteiger partial charge in [-0.25, -0.2) is 0 Å². The summed E-state index contributed by atoms with van der Waals surface area (Å²) in [6.07, 6.45) is 2.45. The van der Waals surface area contributed by atoms with Crippen LogP contribution in [0.3, 0.4) is 0 Å². The van der Waals surface area contributed by atoms with Crippen LogP contribution in [0.5, 0.6) is 0 Å². The summed E-state index contributed by atoms with van der Waals surface area (Å²) in [5.41, 5.74) is 2.56. The lowest BCUT2D eigenvalue weighted by Crippen LogP contribution is -2.35. The molecule has 2 aromatic carbocycles. The molecule has 1 N–H and O–H groups in total. The Kier molecular flexibility index (Phi) is 5.43. The molecular formula is C20H23NO2. The summed E-state index contributed by atoms with van der Waals surface area (Å²) in [4.78, 5) is 12.1. The van der Waals surface area contributed by atoms with Crippen LogP contribution in [0.25, 0.3) is 0 Å². The minimum absolute atomic E-state index is 0.0300. The van der Waals surface area contributed by atoms with Crippen molar-refractivity contribution in [1.82, 2.24) is 5.32 Å². The highest BCUT2D eigenvalue weighted by atomic mass is 16.5. The number of hydrogen-bond acceptors (Lipinski definition) is 2. The van der Waals surface area contributed by atoms with E-state index in [-0.39, 0.29) is 12.0 Å². The summed E-state index contributed by atoms with van der Waals surface area (Å²) < 4.78 is 5.43. The number of benzene rings is 2. The van der Waals surface area contributed by atoms with Crippen molar-refractivity contribution in [2.45, 2.75) is 31.3 Å². The van der Waals surface area contributed by atoms with Gasteiger partial charge in [0.05, 0.1) is 0 Å². The van der Waals surface area contributed by atoms with Gasteiger partial charge in [-0.2, -0.15) is 0 Å². The van der Waals surface area contributed by atoms with E-state index in [0.29, 0.717) is 19.1 Å². The molecule has 3 rings (SSSR count). The van der Waals surface area contributed by atoms with Crippen molar-refractivity contribution in [3.8, 4) is 0 Å². The second-order valence-electron chi connectivity index (χ2n) is 5.96. The molecule has 0 radical (unpaired) electrons. The second kappa shape index (κ2) is 7.93. The molecule has 2 aromatic rings. The highest BCUT2D eigenvalue weighted by Crippen LogP contribution is 2.27. The predicted molar refractivity (Wildman–Crippen MR) is 91.3 cm³/mol. The van der Waals surface area contributed by atoms with Gasteiger partial charge in [0.1, 0.15) is 6.10 Å². The van der Waals surface area contributed by atoms with Crippen molar-refractivity contribution in [3.05, 3.63) is 71.8 Å². The molecule has 0 spiro atoms. The number of carbonyl (C=O) groups is 1. The molecule has 0 saturated carbocycles. The summed E-state index contributed by atoms with van der Waals surface area (Å²) in [5.74, 6) is 0.324. The van der Waals surface area contributed by atoms with E-state index in [4.69, 9.17) is 4.74 Å². The molecule has 3 heteroatoms. The standard InChI is InChI=1S/C20H23NO2/c22-20(19-12-7-15-23-19)21-14-13-18(16-8-3-1-4-9-16)17-10-5-2-6-11-17/h1-6,8-11,18-19H,7,12-15H2,(H,21,22)/t19-/m0/s1. The third-order valence-corrected chi connectivity index (χ3v) is 4.36. The highest BCUT2D eigenvalue weighted by molar-refractivity contribution is 5.80. The SMILES string of the molecule is O=C(NCCC(c1ccccc1)c1ccccc1)[C@@H]1CCCO1. The molecule has 23 heavy (non-hydrogen) atoms. The molecular weight excluding hydrogens is 286 g/mol. The van der Waals surface area contributed by atoms with E-state index < -0.39 is 0 Å². The van der Waals surface area contributed by atoms with Crippen molar-refractivity contribution < 1.29 is 9.53 Å². The fraction of sp³-hybridized carbons (Fsp3) is 0.350. The smallest absolute Gasteiger partial charge is 0.249 e. The summed E-state index contributed by atoms with van der Waals surface area (Å²) in [5, 5.41) is 3.03. The first-order chi connectivity index (χ1) is 11.3. The van der Waals surface area contributed by atoms with E-state index in [0.717, 1.165) is 19.3 Å². The van der Waals surface area contributed by atoms with E-state index in [1.807, 2.05) is 12.1 Å². The van der Waals surface area contributed by atoms with E-state index in [9.17, 15) is 4.79 Å². The van der Waals surface area contributed by atoms with Crippen molar-refractivity contribution >= 4 is 5.91 Å². The number of rotatable bonds is 6. The van der Waals surface area contributed by atoms with Gasteiger partial charge in [-0.05, 0) is 30.4 Å². The Hall–Kier alpha value is -2.13. The van der Waals surface area contributed by atoms with Crippen LogP contribution in [0.4, 0.5) is 0 Å². The maximum absolute atomic E-state index is 12.1. The van der Waals surface area contributed by atoms with Crippen LogP contribution in [-0.4, -0.2) is 25.2 Å². The summed E-state index contributed by atoms with van der Waals surface area (Å²) in [7, 11) is 0. The zero-order valence-corrected chi connectivity index (χ0v) is 13.3. The van der Waals surface area contributed by atoms with Crippen LogP contribution in [0.1, 0.15) is 36.3 Å². The normalized spacial score (nSPS) is 17.3. The predicted octanol–water partition coefficient (Wildman–Crippen LogP) is 3.50. The third-order valence-electron chi connectivity index (χ3n) is 4.36. The summed E-state index contributed by atoms with van der Waals surface area (Å²) in [6.45, 7) is 1.36. The molecule has 0 unspecified atom stereocenters. The molecule has 1 saturated heterocycles. The Morgan fingerprint density at radius 1 is 1.04 bits per heavy atom. The average molecular weight is 309 g/mol. The van der Waals surface area contributed by atoms with Gasteiger partial charge in [0.15, 0.2) is 0 Å². The monoisotopic (exact) mass is 309 g/mol. The zero-order valence-electron chi connectivity index (χ0n) is 13.3. The number of hydrogen-bond donors (Lipinski definition) is 1. The Balaban J connectivity index is 1.64. The molecule has 1 aliphatic heterocycles. The van der Waals surface area contributed by atoms with Gasteiger partial charge in [-0.3, -0.25) is 4.79 Å². The molecule has 120 valence electrons. The first kappa shape index (κ1) is 15.8. The minimum atomic E-state index is -0.248. The van der Waals surface area contributed by atoms with Crippen LogP contribution in [0.15, 0.2) is 60.7 Å². The van der Waals surface area contributed by atoms with Gasteiger partial charge in [0, 0.05) is 19.1 Å². The molecule has 1 heterocycles. The van der Waals surface area contributed by atoms with Crippen LogP contribution < -0.4 is 5.32 Å². The van der Waals surface area contributed by atoms with E-state index in [1.54, 1.807) is 0 Å². The van der Waals surface area contributed by atoms with Gasteiger partial charge >= 0.3 is 0 Å². The van der Waals surface area contributed by atoms with Gasteiger partial charge in [0.2, 0.25) is 5.91 Å². The van der Waals surface area contributed by atoms with Gasteiger partial charge in [-0.1, -0.05) is 60.7 Å². The molecule has 0 aliphatic carbocycles. The molecule has 1 aliphatic rings. The third kappa shape index (κ3) is 4.20. The van der Waals surface area contributed by atoms with Crippen LogP contribution in [0.2, 0.25) is 0 Å². The summed E-state index contributed by atoms with van der Waals surface area (Å²) in [6, 6.07) is 20.9. The molecule has 1 fully saturated rings. The van der Waals surface area contributed by atoms with Gasteiger partial charge < -0.3 is 10.1 Å². The largest absolute Gasteiger partial charge is 0.368 e. The van der Waals surface area contributed by atoms with Crippen LogP contribution in [0, 0.1) is 0 Å². The van der Waals surface area contributed by atoms with Gasteiger partial charge in [0.25, 0.3) is 0 Å². The Morgan fingerprint density at radius 2 is 1.65 bits per heavy atom. The lowest BCUT2D eigenvalue weighted by atomic mass is 9.88. The van der Waals surface area contributed by atoms with Crippen LogP contribution in [-0.2, 0) is 9.53 Å². The minimum Gasteiger partial charge on any atom is -0.368 e. The number of carbonyl (C=O) groups excluding carboxylic acids is 1. The quantitative estimate of drug-likeness (QED) is 0.887. The fourth-order valence-corrected chi connectivity index (χ4v) is 3.13. The molecule has 1 amide bonds. The van der Waals surface area contributed by atoms with Crippen molar-refractivity contribution in [1.29, 1.82) is 0 Å². The summed E-state index contributed by atoms with van der Waals surface area (Å²) >= 11 is 0. The van der Waals surface area contributed by atoms with Crippen molar-refractivity contribution in [2.24, 2.45) is 0 Å². The number of nitrogens with one attached hydrogen (secondary N) is 1. The lowest BCUT2D eigenvalue weighted by Gasteiger charge is -2.19. The Labute approximate surface area is 137 Å². The molecule has 0 aromatic heterocycles. The average Bonchev–Trinajstić information content (AvgIpc) is 3.15. The first-order valence-corrected chi connectivity index (χ1v) is 8.34. The highest BCUT2D eigenvalue weighted by Gasteiger charge is 2.23. The van der Waals surface area contributed by atoms with E-state index >= 15 is 0 Å². The number of amides is 1. The van der Waals surface area contributed by atoms with E-state index in [2.05, 4.69) is 53.8 Å². The van der Waals surface area contributed by atoms with Crippen molar-refractivity contribution in [2.75, 3.05) is 13.2 Å². The first-order valence-electron chi connectivity index (χ1n) is 8.34. The van der Waals surface area contributed by atoms with Crippen molar-refractivity contribution in [3.63, 3.8) is 0 Å². The lowest BCUT2D eigenvalue weighted by molar-refractivity contribution is -0.130. The fourth-order valence-electron chi connectivity index (χ4n) is 3.13. The zero-order chi connectivity index (χ0) is 15.9. The molecule has 0 bridgehead atoms. The maximum Gasteiger partial charge on any atom is 0.249 e. The maximum atomic E-state index is 12.1. The van der Waals surface area contributed by atoms with Crippen LogP contribution >= 0.6 is 0 Å². The Morgan fingerprint density at radius 3 is 2.17 bits per heavy atom. The van der Waals surface area contributed by atoms with E-state index in [1.165, 1.54) is 11.1 Å². The second-order valence-corrected chi connectivity index (χ2v) is 5.96. The topological polar surface area (TPSA) is 38.3 Å². The van der Waals surface area contributed by atoms with Gasteiger partial charge in [-0.15, -0.1) is 0 Å². The number of ether oxygens (including phenoxy) is 1. The Bertz CT molecular complexity index is 567. The molecule has 3 nitrogen and oxygen atoms in total. The molecule has 1 atom stereocenters.